The van der Waals surface area contributed by atoms with E-state index in [0.29, 0.717) is 22.1 Å². The van der Waals surface area contributed by atoms with Gasteiger partial charge in [0.2, 0.25) is 5.91 Å². The van der Waals surface area contributed by atoms with Crippen LogP contribution in [0.1, 0.15) is 20.9 Å². The standard InChI is InChI=1S/C14H13BrN2O2S/c1-9-13(11(18)8-15)20-14(16-9)17-12(19)7-10-5-3-2-4-6-10/h2-6H,7-8H2,1H3,(H,16,17,19). The van der Waals surface area contributed by atoms with Crippen LogP contribution in [-0.4, -0.2) is 22.0 Å². The van der Waals surface area contributed by atoms with Crippen LogP contribution in [-0.2, 0) is 11.2 Å². The second-order valence-corrected chi connectivity index (χ2v) is 5.76. The molecule has 1 heterocycles. The lowest BCUT2D eigenvalue weighted by atomic mass is 10.1. The Morgan fingerprint density at radius 1 is 1.30 bits per heavy atom. The maximum Gasteiger partial charge on any atom is 0.230 e. The molecular formula is C14H13BrN2O2S. The van der Waals surface area contributed by atoms with Crippen molar-refractivity contribution in [1.82, 2.24) is 4.98 Å². The van der Waals surface area contributed by atoms with Gasteiger partial charge in [-0.05, 0) is 12.5 Å². The van der Waals surface area contributed by atoms with Crippen LogP contribution in [0.25, 0.3) is 0 Å². The van der Waals surface area contributed by atoms with Crippen molar-refractivity contribution < 1.29 is 9.59 Å². The molecular weight excluding hydrogens is 340 g/mol. The van der Waals surface area contributed by atoms with Gasteiger partial charge < -0.3 is 5.32 Å². The Morgan fingerprint density at radius 2 is 2.00 bits per heavy atom. The lowest BCUT2D eigenvalue weighted by Crippen LogP contribution is -2.14. The molecule has 0 aliphatic rings. The number of ketones is 1. The van der Waals surface area contributed by atoms with Crippen molar-refractivity contribution in [2.75, 3.05) is 10.6 Å². The number of carbonyl (C=O) groups is 2. The van der Waals surface area contributed by atoms with Crippen LogP contribution in [0.5, 0.6) is 0 Å². The molecule has 0 aliphatic heterocycles. The van der Waals surface area contributed by atoms with Crippen molar-refractivity contribution in [1.29, 1.82) is 0 Å². The SMILES string of the molecule is Cc1nc(NC(=O)Cc2ccccc2)sc1C(=O)CBr. The Kier molecular flexibility index (Phi) is 5.03. The number of hydrogen-bond acceptors (Lipinski definition) is 4. The number of alkyl halides is 1. The maximum absolute atomic E-state index is 11.9. The molecule has 1 aromatic heterocycles. The van der Waals surface area contributed by atoms with Crippen LogP contribution < -0.4 is 5.32 Å². The molecule has 0 spiro atoms. The van der Waals surface area contributed by atoms with Gasteiger partial charge in [0.1, 0.15) is 0 Å². The van der Waals surface area contributed by atoms with Gasteiger partial charge in [0.05, 0.1) is 22.3 Å². The summed E-state index contributed by atoms with van der Waals surface area (Å²) in [5, 5.41) is 3.45. The minimum atomic E-state index is -0.136. The first-order chi connectivity index (χ1) is 9.60. The van der Waals surface area contributed by atoms with Gasteiger partial charge in [-0.25, -0.2) is 4.98 Å². The predicted octanol–water partition coefficient (Wildman–Crippen LogP) is 3.21. The molecule has 4 nitrogen and oxygen atoms in total. The Bertz CT molecular complexity index is 625. The van der Waals surface area contributed by atoms with E-state index in [9.17, 15) is 9.59 Å². The summed E-state index contributed by atoms with van der Waals surface area (Å²) in [7, 11) is 0. The molecule has 20 heavy (non-hydrogen) atoms. The normalized spacial score (nSPS) is 10.3. The fourth-order valence-electron chi connectivity index (χ4n) is 1.71. The number of aryl methyl sites for hydroxylation is 1. The van der Waals surface area contributed by atoms with E-state index in [1.807, 2.05) is 30.3 Å². The quantitative estimate of drug-likeness (QED) is 0.663. The summed E-state index contributed by atoms with van der Waals surface area (Å²) in [5.74, 6) is -0.161. The van der Waals surface area contributed by atoms with Gasteiger partial charge in [-0.3, -0.25) is 9.59 Å². The number of nitrogens with zero attached hydrogens (tertiary/aromatic N) is 1. The molecule has 1 N–H and O–H groups in total. The number of anilines is 1. The van der Waals surface area contributed by atoms with Crippen molar-refractivity contribution >= 4 is 44.1 Å². The summed E-state index contributed by atoms with van der Waals surface area (Å²) in [6.07, 6.45) is 0.293. The highest BCUT2D eigenvalue weighted by Crippen LogP contribution is 2.23. The van der Waals surface area contributed by atoms with Crippen LogP contribution in [0, 0.1) is 6.92 Å². The number of halogens is 1. The number of carbonyl (C=O) groups excluding carboxylic acids is 2. The Hall–Kier alpha value is -1.53. The number of hydrogen-bond donors (Lipinski definition) is 1. The van der Waals surface area contributed by atoms with E-state index >= 15 is 0 Å². The van der Waals surface area contributed by atoms with Crippen molar-refractivity contribution in [3.05, 3.63) is 46.5 Å². The van der Waals surface area contributed by atoms with Gasteiger partial charge >= 0.3 is 0 Å². The largest absolute Gasteiger partial charge is 0.302 e. The van der Waals surface area contributed by atoms with Gasteiger partial charge in [-0.2, -0.15) is 0 Å². The number of Topliss-reactive ketones (excluding diaryl/α,β-unsaturated/α-hetero) is 1. The van der Waals surface area contributed by atoms with E-state index in [2.05, 4.69) is 26.2 Å². The smallest absolute Gasteiger partial charge is 0.230 e. The first kappa shape index (κ1) is 14.9. The van der Waals surface area contributed by atoms with Crippen molar-refractivity contribution in [2.24, 2.45) is 0 Å². The Balaban J connectivity index is 2.03. The number of aromatic nitrogens is 1. The first-order valence-corrected chi connectivity index (χ1v) is 7.94. The molecule has 0 bridgehead atoms. The third-order valence-electron chi connectivity index (χ3n) is 2.63. The molecule has 1 aromatic carbocycles. The minimum Gasteiger partial charge on any atom is -0.302 e. The van der Waals surface area contributed by atoms with E-state index in [-0.39, 0.29) is 17.0 Å². The average Bonchev–Trinajstić information content (AvgIpc) is 2.79. The van der Waals surface area contributed by atoms with E-state index in [0.717, 1.165) is 5.56 Å². The monoisotopic (exact) mass is 352 g/mol. The van der Waals surface area contributed by atoms with Gasteiger partial charge in [0, 0.05) is 0 Å². The van der Waals surface area contributed by atoms with E-state index < -0.39 is 0 Å². The van der Waals surface area contributed by atoms with E-state index in [1.54, 1.807) is 6.92 Å². The number of benzene rings is 1. The molecule has 0 saturated heterocycles. The third kappa shape index (κ3) is 3.74. The molecule has 0 aliphatic carbocycles. The molecule has 2 aromatic rings. The zero-order valence-corrected chi connectivity index (χ0v) is 13.3. The summed E-state index contributed by atoms with van der Waals surface area (Å²) < 4.78 is 0. The Morgan fingerprint density at radius 3 is 2.65 bits per heavy atom. The van der Waals surface area contributed by atoms with Crippen molar-refractivity contribution in [3.63, 3.8) is 0 Å². The zero-order valence-electron chi connectivity index (χ0n) is 10.9. The third-order valence-corrected chi connectivity index (χ3v) is 4.25. The molecule has 1 amide bonds. The second-order valence-electron chi connectivity index (χ2n) is 4.20. The molecule has 6 heteroatoms. The summed E-state index contributed by atoms with van der Waals surface area (Å²) in [6, 6.07) is 9.48. The summed E-state index contributed by atoms with van der Waals surface area (Å²) in [5.41, 5.74) is 1.59. The van der Waals surface area contributed by atoms with Crippen LogP contribution in [0.2, 0.25) is 0 Å². The fourth-order valence-corrected chi connectivity index (χ4v) is 3.10. The summed E-state index contributed by atoms with van der Waals surface area (Å²) >= 11 is 4.34. The minimum absolute atomic E-state index is 0.0245. The molecule has 0 saturated carbocycles. The van der Waals surface area contributed by atoms with Crippen LogP contribution in [0.3, 0.4) is 0 Å². The highest BCUT2D eigenvalue weighted by Gasteiger charge is 2.15. The van der Waals surface area contributed by atoms with Gasteiger partial charge in [0.15, 0.2) is 10.9 Å². The van der Waals surface area contributed by atoms with E-state index in [4.69, 9.17) is 0 Å². The van der Waals surface area contributed by atoms with Crippen molar-refractivity contribution in [3.8, 4) is 0 Å². The number of thiazole rings is 1. The second kappa shape index (κ2) is 6.76. The van der Waals surface area contributed by atoms with E-state index in [1.165, 1.54) is 11.3 Å². The first-order valence-electron chi connectivity index (χ1n) is 6.00. The van der Waals surface area contributed by atoms with Crippen LogP contribution >= 0.6 is 27.3 Å². The molecule has 104 valence electrons. The highest BCUT2D eigenvalue weighted by atomic mass is 79.9. The zero-order chi connectivity index (χ0) is 14.5. The average molecular weight is 353 g/mol. The predicted molar refractivity (Wildman–Crippen MR) is 83.8 cm³/mol. The lowest BCUT2D eigenvalue weighted by Gasteiger charge is -2.01. The lowest BCUT2D eigenvalue weighted by molar-refractivity contribution is -0.115. The summed E-state index contributed by atoms with van der Waals surface area (Å²) in [4.78, 5) is 28.3. The van der Waals surface area contributed by atoms with Crippen LogP contribution in [0.4, 0.5) is 5.13 Å². The molecule has 0 radical (unpaired) electrons. The molecule has 0 unspecified atom stereocenters. The van der Waals surface area contributed by atoms with Crippen LogP contribution in [0.15, 0.2) is 30.3 Å². The number of amides is 1. The molecule has 0 fully saturated rings. The van der Waals surface area contributed by atoms with Gasteiger partial charge in [-0.15, -0.1) is 0 Å². The Labute approximate surface area is 129 Å². The number of nitrogens with one attached hydrogen (secondary N) is 1. The maximum atomic E-state index is 11.9. The fraction of sp³-hybridized carbons (Fsp3) is 0.214. The number of rotatable bonds is 5. The van der Waals surface area contributed by atoms with Gasteiger partial charge in [0.25, 0.3) is 0 Å². The highest BCUT2D eigenvalue weighted by molar-refractivity contribution is 9.09. The molecule has 0 atom stereocenters. The van der Waals surface area contributed by atoms with Gasteiger partial charge in [-0.1, -0.05) is 57.6 Å². The molecule has 2 rings (SSSR count). The summed E-state index contributed by atoms with van der Waals surface area (Å²) in [6.45, 7) is 1.76. The topological polar surface area (TPSA) is 59.1 Å². The van der Waals surface area contributed by atoms with Crippen molar-refractivity contribution in [2.45, 2.75) is 13.3 Å².